The summed E-state index contributed by atoms with van der Waals surface area (Å²) in [7, 11) is 1.62. The zero-order valence-corrected chi connectivity index (χ0v) is 22.0. The van der Waals surface area contributed by atoms with Gasteiger partial charge in [0.15, 0.2) is 17.3 Å². The topological polar surface area (TPSA) is 97.8 Å². The van der Waals surface area contributed by atoms with E-state index in [0.717, 1.165) is 16.8 Å². The number of methoxy groups -OCH3 is 1. The Morgan fingerprint density at radius 3 is 2.54 bits per heavy atom. The number of hydrogen-bond donors (Lipinski definition) is 1. The maximum Gasteiger partial charge on any atom is 0.162 e. The monoisotopic (exact) mass is 501 g/mol. The van der Waals surface area contributed by atoms with E-state index in [1.54, 1.807) is 7.11 Å². The molecule has 7 heteroatoms. The number of nitriles is 1. The fraction of sp³-hybridized carbons (Fsp3) is 0.400. The first-order valence-corrected chi connectivity index (χ1v) is 12.7. The zero-order valence-electron chi connectivity index (χ0n) is 22.0. The van der Waals surface area contributed by atoms with Crippen molar-refractivity contribution in [1.29, 1.82) is 5.26 Å². The van der Waals surface area contributed by atoms with E-state index in [1.807, 2.05) is 60.4 Å². The van der Waals surface area contributed by atoms with Crippen LogP contribution in [0, 0.1) is 16.7 Å². The summed E-state index contributed by atoms with van der Waals surface area (Å²) >= 11 is 0. The first-order chi connectivity index (χ1) is 17.8. The molecule has 7 nitrogen and oxygen atoms in total. The SMILES string of the molecule is CCOc1cc([C@H]2C(C#N)=C(N)N(CCOC)C3=C2C(=O)CC(C)(C)C3)ccc1OCc1ccccc1. The second kappa shape index (κ2) is 11.1. The first kappa shape index (κ1) is 26.3. The molecule has 2 aromatic rings. The standard InChI is InChI=1S/C30H35N3O4/c1-5-36-26-15-21(11-12-25(26)37-19-20-9-7-6-8-10-20)27-22(18-31)29(32)33(13-14-35-4)23-16-30(2,3)17-24(34)28(23)27/h6-12,15,27H,5,13-14,16-17,19,32H2,1-4H3/t27-/m0/s1. The smallest absolute Gasteiger partial charge is 0.162 e. The maximum absolute atomic E-state index is 13.6. The first-order valence-electron chi connectivity index (χ1n) is 12.7. The van der Waals surface area contributed by atoms with Crippen LogP contribution in [0.1, 0.15) is 50.7 Å². The van der Waals surface area contributed by atoms with Crippen LogP contribution in [0.25, 0.3) is 0 Å². The Labute approximate surface area is 219 Å². The number of allylic oxidation sites excluding steroid dienone is 3. The van der Waals surface area contributed by atoms with Crippen molar-refractivity contribution in [2.24, 2.45) is 11.1 Å². The highest BCUT2D eigenvalue weighted by atomic mass is 16.5. The molecule has 194 valence electrons. The highest BCUT2D eigenvalue weighted by Gasteiger charge is 2.44. The number of ketones is 1. The van der Waals surface area contributed by atoms with Crippen LogP contribution in [-0.4, -0.2) is 37.6 Å². The van der Waals surface area contributed by atoms with Gasteiger partial charge in [-0.1, -0.05) is 50.2 Å². The van der Waals surface area contributed by atoms with E-state index >= 15 is 0 Å². The number of nitrogens with zero attached hydrogens (tertiary/aromatic N) is 2. The summed E-state index contributed by atoms with van der Waals surface area (Å²) in [6, 6.07) is 17.9. The lowest BCUT2D eigenvalue weighted by Gasteiger charge is -2.43. The molecular weight excluding hydrogens is 466 g/mol. The van der Waals surface area contributed by atoms with Gasteiger partial charge in [-0.25, -0.2) is 0 Å². The van der Waals surface area contributed by atoms with Crippen LogP contribution in [0.4, 0.5) is 0 Å². The molecule has 2 N–H and O–H groups in total. The Hall–Kier alpha value is -3.76. The fourth-order valence-electron chi connectivity index (χ4n) is 5.17. The number of ether oxygens (including phenoxy) is 3. The summed E-state index contributed by atoms with van der Waals surface area (Å²) < 4.78 is 17.3. The third-order valence-corrected chi connectivity index (χ3v) is 6.84. The molecule has 2 aromatic carbocycles. The molecule has 0 saturated carbocycles. The lowest BCUT2D eigenvalue weighted by atomic mass is 9.68. The van der Waals surface area contributed by atoms with Crippen molar-refractivity contribution in [2.45, 2.75) is 46.1 Å². The number of benzene rings is 2. The van der Waals surface area contributed by atoms with Gasteiger partial charge >= 0.3 is 0 Å². The van der Waals surface area contributed by atoms with Crippen LogP contribution in [0.2, 0.25) is 0 Å². The van der Waals surface area contributed by atoms with E-state index in [-0.39, 0.29) is 11.2 Å². The Balaban J connectivity index is 1.78. The Morgan fingerprint density at radius 1 is 1.11 bits per heavy atom. The minimum atomic E-state index is -0.565. The lowest BCUT2D eigenvalue weighted by Crippen LogP contribution is -2.43. The second-order valence-corrected chi connectivity index (χ2v) is 10.2. The fourth-order valence-corrected chi connectivity index (χ4v) is 5.17. The van der Waals surface area contributed by atoms with E-state index in [9.17, 15) is 10.1 Å². The molecule has 0 spiro atoms. The van der Waals surface area contributed by atoms with Crippen LogP contribution in [0.5, 0.6) is 11.5 Å². The van der Waals surface area contributed by atoms with Crippen LogP contribution in [0.15, 0.2) is 71.2 Å². The van der Waals surface area contributed by atoms with Crippen molar-refractivity contribution < 1.29 is 19.0 Å². The van der Waals surface area contributed by atoms with Gasteiger partial charge in [0.1, 0.15) is 12.4 Å². The molecule has 37 heavy (non-hydrogen) atoms. The minimum Gasteiger partial charge on any atom is -0.490 e. The third kappa shape index (κ3) is 5.50. The molecule has 0 bridgehead atoms. The Bertz CT molecular complexity index is 1260. The van der Waals surface area contributed by atoms with Gasteiger partial charge in [0.2, 0.25) is 0 Å². The maximum atomic E-state index is 13.6. The summed E-state index contributed by atoms with van der Waals surface area (Å²) in [4.78, 5) is 15.5. The van der Waals surface area contributed by atoms with Crippen molar-refractivity contribution in [3.8, 4) is 17.6 Å². The van der Waals surface area contributed by atoms with Crippen molar-refractivity contribution in [2.75, 3.05) is 26.9 Å². The second-order valence-electron chi connectivity index (χ2n) is 10.2. The van der Waals surface area contributed by atoms with E-state index in [0.29, 0.717) is 67.7 Å². The summed E-state index contributed by atoms with van der Waals surface area (Å²) in [5.74, 6) is 1.02. The molecule has 2 aliphatic rings. The predicted octanol–water partition coefficient (Wildman–Crippen LogP) is 5.05. The number of nitrogens with two attached hydrogens (primary N) is 1. The quantitative estimate of drug-likeness (QED) is 0.514. The Morgan fingerprint density at radius 2 is 1.86 bits per heavy atom. The third-order valence-electron chi connectivity index (χ3n) is 6.84. The molecule has 1 heterocycles. The van der Waals surface area contributed by atoms with Crippen LogP contribution >= 0.6 is 0 Å². The summed E-state index contributed by atoms with van der Waals surface area (Å²) in [6.45, 7) is 7.83. The highest BCUT2D eigenvalue weighted by molar-refractivity contribution is 6.00. The molecule has 0 amide bonds. The van der Waals surface area contributed by atoms with Gasteiger partial charge in [-0.2, -0.15) is 5.26 Å². The van der Waals surface area contributed by atoms with Crippen molar-refractivity contribution >= 4 is 5.78 Å². The molecule has 1 aliphatic heterocycles. The molecule has 0 aromatic heterocycles. The van der Waals surface area contributed by atoms with Gasteiger partial charge in [-0.3, -0.25) is 4.79 Å². The predicted molar refractivity (Wildman–Crippen MR) is 142 cm³/mol. The normalized spacial score (nSPS) is 18.9. The van der Waals surface area contributed by atoms with Crippen LogP contribution in [0.3, 0.4) is 0 Å². The van der Waals surface area contributed by atoms with Gasteiger partial charge in [0.05, 0.1) is 30.8 Å². The molecule has 4 rings (SSSR count). The molecule has 1 aliphatic carbocycles. The molecular formula is C30H35N3O4. The highest BCUT2D eigenvalue weighted by Crippen LogP contribution is 2.49. The van der Waals surface area contributed by atoms with Crippen LogP contribution < -0.4 is 15.2 Å². The largest absolute Gasteiger partial charge is 0.490 e. The molecule has 0 unspecified atom stereocenters. The van der Waals surface area contributed by atoms with Gasteiger partial charge < -0.3 is 24.8 Å². The van der Waals surface area contributed by atoms with Crippen LogP contribution in [-0.2, 0) is 16.1 Å². The van der Waals surface area contributed by atoms with Gasteiger partial charge in [-0.05, 0) is 42.0 Å². The number of hydrogen-bond acceptors (Lipinski definition) is 7. The molecule has 0 fully saturated rings. The molecule has 1 atom stereocenters. The average molecular weight is 502 g/mol. The van der Waals surface area contributed by atoms with Crippen molar-refractivity contribution in [3.63, 3.8) is 0 Å². The van der Waals surface area contributed by atoms with Gasteiger partial charge in [0, 0.05) is 31.3 Å². The number of rotatable bonds is 9. The van der Waals surface area contributed by atoms with Crippen molar-refractivity contribution in [1.82, 2.24) is 4.90 Å². The molecule has 0 radical (unpaired) electrons. The van der Waals surface area contributed by atoms with E-state index < -0.39 is 5.92 Å². The summed E-state index contributed by atoms with van der Waals surface area (Å²) in [5.41, 5.74) is 10.1. The average Bonchev–Trinajstić information content (AvgIpc) is 2.87. The van der Waals surface area contributed by atoms with E-state index in [1.165, 1.54) is 0 Å². The van der Waals surface area contributed by atoms with Gasteiger partial charge in [0.25, 0.3) is 0 Å². The summed E-state index contributed by atoms with van der Waals surface area (Å²) in [5, 5.41) is 10.2. The Kier molecular flexibility index (Phi) is 7.89. The number of Topliss-reactive ketones (excluding diaryl/α,β-unsaturated/α-hetero) is 1. The summed E-state index contributed by atoms with van der Waals surface area (Å²) in [6.07, 6.45) is 1.10. The zero-order chi connectivity index (χ0) is 26.6. The lowest BCUT2D eigenvalue weighted by molar-refractivity contribution is -0.118. The number of carbonyl (C=O) groups excluding carboxylic acids is 1. The van der Waals surface area contributed by atoms with E-state index in [2.05, 4.69) is 19.9 Å². The van der Waals surface area contributed by atoms with E-state index in [4.69, 9.17) is 19.9 Å². The minimum absolute atomic E-state index is 0.0429. The number of carbonyl (C=O) groups is 1. The van der Waals surface area contributed by atoms with Gasteiger partial charge in [-0.15, -0.1) is 0 Å². The molecule has 0 saturated heterocycles. The van der Waals surface area contributed by atoms with Crippen molar-refractivity contribution in [3.05, 3.63) is 82.3 Å².